The topological polar surface area (TPSA) is 38.3 Å². The van der Waals surface area contributed by atoms with Crippen LogP contribution in [0.2, 0.25) is 5.02 Å². The van der Waals surface area contributed by atoms with Gasteiger partial charge in [0.1, 0.15) is 5.75 Å². The number of carbonyl (C=O) groups excluding carboxylic acids is 1. The van der Waals surface area contributed by atoms with E-state index in [2.05, 4.69) is 5.32 Å². The lowest BCUT2D eigenvalue weighted by Gasteiger charge is -2.10. The van der Waals surface area contributed by atoms with Crippen LogP contribution in [0.3, 0.4) is 0 Å². The zero-order valence-corrected chi connectivity index (χ0v) is 13.7. The van der Waals surface area contributed by atoms with E-state index in [4.69, 9.17) is 16.3 Å². The fraction of sp³-hybridized carbons (Fsp3) is 0.0500. The molecule has 4 rings (SSSR count). The number of halogens is 1. The van der Waals surface area contributed by atoms with Crippen LogP contribution in [0.5, 0.6) is 5.75 Å². The molecule has 3 aromatic rings. The number of hydrogen-bond acceptors (Lipinski definition) is 2. The number of carbonyl (C=O) groups is 1. The molecule has 0 spiro atoms. The third-order valence-corrected chi connectivity index (χ3v) is 4.44. The number of anilines is 1. The lowest BCUT2D eigenvalue weighted by molar-refractivity contribution is -0.110. The Kier molecular flexibility index (Phi) is 3.51. The van der Waals surface area contributed by atoms with Crippen molar-refractivity contribution in [3.8, 4) is 5.75 Å². The Bertz CT molecular complexity index is 1010. The fourth-order valence-corrected chi connectivity index (χ4v) is 3.23. The van der Waals surface area contributed by atoms with Crippen molar-refractivity contribution >= 4 is 45.6 Å². The molecule has 0 saturated heterocycles. The summed E-state index contributed by atoms with van der Waals surface area (Å²) in [5.41, 5.74) is 3.08. The van der Waals surface area contributed by atoms with E-state index in [-0.39, 0.29) is 5.91 Å². The number of rotatable bonds is 2. The Labute approximate surface area is 144 Å². The predicted octanol–water partition coefficient (Wildman–Crippen LogP) is 4.99. The maximum absolute atomic E-state index is 12.4. The van der Waals surface area contributed by atoms with Crippen LogP contribution < -0.4 is 10.1 Å². The summed E-state index contributed by atoms with van der Waals surface area (Å²) in [4.78, 5) is 12.4. The van der Waals surface area contributed by atoms with Gasteiger partial charge in [-0.1, -0.05) is 48.0 Å². The normalized spacial score (nSPS) is 14.8. The van der Waals surface area contributed by atoms with E-state index in [0.29, 0.717) is 10.6 Å². The van der Waals surface area contributed by atoms with Crippen molar-refractivity contribution in [1.82, 2.24) is 0 Å². The number of ether oxygens (including phenoxy) is 1. The number of methoxy groups -OCH3 is 1. The number of benzene rings is 3. The molecule has 0 saturated carbocycles. The summed E-state index contributed by atoms with van der Waals surface area (Å²) in [6, 6.07) is 17.4. The average molecular weight is 336 g/mol. The minimum atomic E-state index is -0.137. The number of nitrogens with one attached hydrogen (secondary N) is 1. The molecule has 24 heavy (non-hydrogen) atoms. The molecule has 1 amide bonds. The summed E-state index contributed by atoms with van der Waals surface area (Å²) in [6.07, 6.45) is 1.89. The summed E-state index contributed by atoms with van der Waals surface area (Å²) in [5.74, 6) is 0.596. The highest BCUT2D eigenvalue weighted by Gasteiger charge is 2.24. The first-order valence-corrected chi connectivity index (χ1v) is 7.94. The molecule has 1 N–H and O–H groups in total. The zero-order chi connectivity index (χ0) is 16.7. The zero-order valence-electron chi connectivity index (χ0n) is 13.0. The van der Waals surface area contributed by atoms with Gasteiger partial charge in [-0.15, -0.1) is 0 Å². The van der Waals surface area contributed by atoms with Gasteiger partial charge in [0.05, 0.1) is 12.8 Å². The molecule has 0 bridgehead atoms. The molecular weight excluding hydrogens is 322 g/mol. The van der Waals surface area contributed by atoms with E-state index >= 15 is 0 Å². The first kappa shape index (κ1) is 14.8. The van der Waals surface area contributed by atoms with E-state index < -0.39 is 0 Å². The van der Waals surface area contributed by atoms with Crippen molar-refractivity contribution in [2.75, 3.05) is 12.4 Å². The summed E-state index contributed by atoms with van der Waals surface area (Å²) in [5, 5.41) is 5.60. The van der Waals surface area contributed by atoms with Crippen LogP contribution in [0.4, 0.5) is 5.69 Å². The Hall–Kier alpha value is -2.78. The fourth-order valence-electron chi connectivity index (χ4n) is 3.06. The summed E-state index contributed by atoms with van der Waals surface area (Å²) in [6.45, 7) is 0. The van der Waals surface area contributed by atoms with Crippen molar-refractivity contribution in [2.45, 2.75) is 0 Å². The minimum absolute atomic E-state index is 0.137. The Balaban J connectivity index is 1.97. The quantitative estimate of drug-likeness (QED) is 0.670. The predicted molar refractivity (Wildman–Crippen MR) is 98.5 cm³/mol. The molecule has 0 unspecified atom stereocenters. The van der Waals surface area contributed by atoms with Crippen LogP contribution in [0.15, 0.2) is 54.6 Å². The van der Waals surface area contributed by atoms with Gasteiger partial charge in [0.2, 0.25) is 0 Å². The molecule has 118 valence electrons. The van der Waals surface area contributed by atoms with Gasteiger partial charge in [0.15, 0.2) is 0 Å². The van der Waals surface area contributed by atoms with E-state index in [0.717, 1.165) is 33.3 Å². The van der Waals surface area contributed by atoms with E-state index in [1.54, 1.807) is 19.2 Å². The highest BCUT2D eigenvalue weighted by atomic mass is 35.5. The van der Waals surface area contributed by atoms with Crippen molar-refractivity contribution in [2.24, 2.45) is 0 Å². The smallest absolute Gasteiger partial charge is 0.256 e. The standard InChI is InChI=1S/C20H14ClNO2/c1-24-19-9-6-12-4-2-3-5-14(12)16(19)11-17-15-8-7-13(21)10-18(15)22-20(17)23/h2-11H,1H3,(H,22,23)/b17-11+. The molecule has 1 heterocycles. The molecule has 1 aliphatic heterocycles. The van der Waals surface area contributed by atoms with Gasteiger partial charge in [0.25, 0.3) is 5.91 Å². The Morgan fingerprint density at radius 3 is 2.75 bits per heavy atom. The summed E-state index contributed by atoms with van der Waals surface area (Å²) in [7, 11) is 1.63. The van der Waals surface area contributed by atoms with E-state index in [1.807, 2.05) is 48.5 Å². The maximum Gasteiger partial charge on any atom is 0.256 e. The molecular formula is C20H14ClNO2. The first-order valence-electron chi connectivity index (χ1n) is 7.56. The molecule has 1 aliphatic rings. The molecule has 0 aromatic heterocycles. The van der Waals surface area contributed by atoms with Crippen molar-refractivity contribution in [3.63, 3.8) is 0 Å². The highest BCUT2D eigenvalue weighted by Crippen LogP contribution is 2.38. The van der Waals surface area contributed by atoms with Crippen molar-refractivity contribution < 1.29 is 9.53 Å². The third kappa shape index (κ3) is 2.34. The third-order valence-electron chi connectivity index (χ3n) is 4.20. The van der Waals surface area contributed by atoms with Gasteiger partial charge in [-0.3, -0.25) is 4.79 Å². The summed E-state index contributed by atoms with van der Waals surface area (Å²) >= 11 is 6.01. The second-order valence-electron chi connectivity index (χ2n) is 5.60. The van der Waals surface area contributed by atoms with Gasteiger partial charge >= 0.3 is 0 Å². The SMILES string of the molecule is COc1ccc2ccccc2c1/C=C1/C(=O)Nc2cc(Cl)ccc21. The van der Waals surface area contributed by atoms with Gasteiger partial charge < -0.3 is 10.1 Å². The van der Waals surface area contributed by atoms with Crippen molar-refractivity contribution in [3.05, 3.63) is 70.7 Å². The van der Waals surface area contributed by atoms with Gasteiger partial charge in [0, 0.05) is 21.7 Å². The lowest BCUT2D eigenvalue weighted by Crippen LogP contribution is -2.03. The second-order valence-corrected chi connectivity index (χ2v) is 6.04. The van der Waals surface area contributed by atoms with Crippen LogP contribution >= 0.6 is 11.6 Å². The average Bonchev–Trinajstić information content (AvgIpc) is 2.89. The molecule has 3 aromatic carbocycles. The lowest BCUT2D eigenvalue weighted by atomic mass is 9.98. The number of amides is 1. The molecule has 4 heteroatoms. The molecule has 0 fully saturated rings. The van der Waals surface area contributed by atoms with Crippen LogP contribution in [0, 0.1) is 0 Å². The molecule has 3 nitrogen and oxygen atoms in total. The van der Waals surface area contributed by atoms with Crippen LogP contribution in [0.25, 0.3) is 22.4 Å². The Morgan fingerprint density at radius 1 is 1.08 bits per heavy atom. The maximum atomic E-state index is 12.4. The molecule has 0 aliphatic carbocycles. The van der Waals surface area contributed by atoms with Gasteiger partial charge in [-0.2, -0.15) is 0 Å². The Morgan fingerprint density at radius 2 is 1.92 bits per heavy atom. The monoisotopic (exact) mass is 335 g/mol. The van der Waals surface area contributed by atoms with E-state index in [9.17, 15) is 4.79 Å². The van der Waals surface area contributed by atoms with Crippen LogP contribution in [-0.2, 0) is 4.79 Å². The largest absolute Gasteiger partial charge is 0.496 e. The minimum Gasteiger partial charge on any atom is -0.496 e. The van der Waals surface area contributed by atoms with E-state index in [1.165, 1.54) is 0 Å². The highest BCUT2D eigenvalue weighted by molar-refractivity contribution is 6.37. The number of hydrogen-bond donors (Lipinski definition) is 1. The van der Waals surface area contributed by atoms with Crippen LogP contribution in [-0.4, -0.2) is 13.0 Å². The number of fused-ring (bicyclic) bond motifs is 2. The van der Waals surface area contributed by atoms with Crippen LogP contribution in [0.1, 0.15) is 11.1 Å². The molecule has 0 radical (unpaired) electrons. The van der Waals surface area contributed by atoms with Crippen molar-refractivity contribution in [1.29, 1.82) is 0 Å². The second kappa shape index (κ2) is 5.69. The first-order chi connectivity index (χ1) is 11.7. The molecule has 0 atom stereocenters. The summed E-state index contributed by atoms with van der Waals surface area (Å²) < 4.78 is 5.51. The van der Waals surface area contributed by atoms with Gasteiger partial charge in [-0.05, 0) is 35.0 Å². The van der Waals surface area contributed by atoms with Gasteiger partial charge in [-0.25, -0.2) is 0 Å².